The fourth-order valence-electron chi connectivity index (χ4n) is 1.67. The first-order chi connectivity index (χ1) is 9.20. The molecule has 1 aromatic heterocycles. The van der Waals surface area contributed by atoms with Gasteiger partial charge in [0.05, 0.1) is 0 Å². The highest BCUT2D eigenvalue weighted by atomic mass is 16.5. The second kappa shape index (κ2) is 5.97. The van der Waals surface area contributed by atoms with Crippen molar-refractivity contribution in [2.45, 2.75) is 6.10 Å². The SMILES string of the molecule is COC(C(=O)Nc1ccccn1)c1ccc(O)cc1. The number of phenolic OH excluding ortho intramolecular Hbond substituents is 1. The molecule has 2 N–H and O–H groups in total. The second-order valence-electron chi connectivity index (χ2n) is 3.91. The smallest absolute Gasteiger partial charge is 0.259 e. The number of carbonyl (C=O) groups excluding carboxylic acids is 1. The third-order valence-corrected chi connectivity index (χ3v) is 2.59. The molecule has 0 spiro atoms. The first-order valence-corrected chi connectivity index (χ1v) is 5.74. The molecular weight excluding hydrogens is 244 g/mol. The van der Waals surface area contributed by atoms with E-state index in [0.717, 1.165) is 0 Å². The minimum atomic E-state index is -0.748. The third-order valence-electron chi connectivity index (χ3n) is 2.59. The van der Waals surface area contributed by atoms with Crippen molar-refractivity contribution in [3.8, 4) is 5.75 Å². The molecule has 0 fully saturated rings. The number of carbonyl (C=O) groups is 1. The summed E-state index contributed by atoms with van der Waals surface area (Å²) in [4.78, 5) is 16.1. The standard InChI is InChI=1S/C14H14N2O3/c1-19-13(10-5-7-11(17)8-6-10)14(18)16-12-4-2-3-9-15-12/h2-9,13,17H,1H3,(H,15,16,18). The van der Waals surface area contributed by atoms with Gasteiger partial charge in [-0.3, -0.25) is 4.79 Å². The zero-order chi connectivity index (χ0) is 13.7. The molecule has 0 saturated carbocycles. The van der Waals surface area contributed by atoms with Gasteiger partial charge in [0.25, 0.3) is 5.91 Å². The summed E-state index contributed by atoms with van der Waals surface area (Å²) in [6, 6.07) is 11.5. The number of ether oxygens (including phenoxy) is 1. The van der Waals surface area contributed by atoms with E-state index in [0.29, 0.717) is 11.4 Å². The number of amides is 1. The maximum absolute atomic E-state index is 12.1. The van der Waals surface area contributed by atoms with Crippen LogP contribution in [0.4, 0.5) is 5.82 Å². The Hall–Kier alpha value is -2.40. The summed E-state index contributed by atoms with van der Waals surface area (Å²) in [5.74, 6) is 0.295. The van der Waals surface area contributed by atoms with E-state index in [1.807, 2.05) is 0 Å². The summed E-state index contributed by atoms with van der Waals surface area (Å²) in [5, 5.41) is 11.9. The highest BCUT2D eigenvalue weighted by Crippen LogP contribution is 2.21. The van der Waals surface area contributed by atoms with Gasteiger partial charge >= 0.3 is 0 Å². The van der Waals surface area contributed by atoms with Gasteiger partial charge in [-0.15, -0.1) is 0 Å². The van der Waals surface area contributed by atoms with Crippen LogP contribution in [0, 0.1) is 0 Å². The van der Waals surface area contributed by atoms with Gasteiger partial charge in [-0.25, -0.2) is 4.98 Å². The molecule has 1 amide bonds. The number of nitrogens with zero attached hydrogens (tertiary/aromatic N) is 1. The number of pyridine rings is 1. The number of phenols is 1. The molecule has 2 rings (SSSR count). The summed E-state index contributed by atoms with van der Waals surface area (Å²) < 4.78 is 5.19. The van der Waals surface area contributed by atoms with E-state index in [-0.39, 0.29) is 11.7 Å². The van der Waals surface area contributed by atoms with Gasteiger partial charge < -0.3 is 15.2 Å². The zero-order valence-electron chi connectivity index (χ0n) is 10.4. The number of benzene rings is 1. The fraction of sp³-hybridized carbons (Fsp3) is 0.143. The lowest BCUT2D eigenvalue weighted by molar-refractivity contribution is -0.126. The third kappa shape index (κ3) is 3.29. The van der Waals surface area contributed by atoms with Crippen molar-refractivity contribution in [1.29, 1.82) is 0 Å². The summed E-state index contributed by atoms with van der Waals surface area (Å²) in [6.45, 7) is 0. The number of anilines is 1. The Kier molecular flexibility index (Phi) is 4.10. The Labute approximate surface area is 110 Å². The minimum Gasteiger partial charge on any atom is -0.508 e. The Morgan fingerprint density at radius 2 is 2.00 bits per heavy atom. The maximum atomic E-state index is 12.1. The molecular formula is C14H14N2O3. The van der Waals surface area contributed by atoms with Crippen LogP contribution in [-0.4, -0.2) is 23.1 Å². The van der Waals surface area contributed by atoms with Crippen LogP contribution in [0.5, 0.6) is 5.75 Å². The van der Waals surface area contributed by atoms with Crippen molar-refractivity contribution in [2.75, 3.05) is 12.4 Å². The first-order valence-electron chi connectivity index (χ1n) is 5.74. The van der Waals surface area contributed by atoms with Crippen LogP contribution in [0.15, 0.2) is 48.7 Å². The summed E-state index contributed by atoms with van der Waals surface area (Å²) in [5.41, 5.74) is 0.661. The molecule has 1 aromatic carbocycles. The lowest BCUT2D eigenvalue weighted by atomic mass is 10.1. The normalized spacial score (nSPS) is 11.8. The number of methoxy groups -OCH3 is 1. The fourth-order valence-corrected chi connectivity index (χ4v) is 1.67. The molecule has 0 aliphatic heterocycles. The Balaban J connectivity index is 2.13. The predicted octanol–water partition coefficient (Wildman–Crippen LogP) is 2.11. The molecule has 19 heavy (non-hydrogen) atoms. The zero-order valence-corrected chi connectivity index (χ0v) is 10.4. The van der Waals surface area contributed by atoms with Crippen molar-refractivity contribution in [1.82, 2.24) is 4.98 Å². The topological polar surface area (TPSA) is 71.5 Å². The molecule has 1 atom stereocenters. The minimum absolute atomic E-state index is 0.142. The number of hydrogen-bond acceptors (Lipinski definition) is 4. The molecule has 0 aliphatic carbocycles. The summed E-state index contributed by atoms with van der Waals surface area (Å²) in [6.07, 6.45) is 0.848. The number of nitrogens with one attached hydrogen (secondary N) is 1. The Bertz CT molecular complexity index is 540. The second-order valence-corrected chi connectivity index (χ2v) is 3.91. The van der Waals surface area contributed by atoms with Gasteiger partial charge in [0.15, 0.2) is 6.10 Å². The van der Waals surface area contributed by atoms with E-state index in [2.05, 4.69) is 10.3 Å². The van der Waals surface area contributed by atoms with Crippen molar-refractivity contribution < 1.29 is 14.6 Å². The van der Waals surface area contributed by atoms with E-state index in [1.165, 1.54) is 19.2 Å². The van der Waals surface area contributed by atoms with Gasteiger partial charge in [-0.2, -0.15) is 0 Å². The van der Waals surface area contributed by atoms with Crippen molar-refractivity contribution >= 4 is 11.7 Å². The molecule has 5 heteroatoms. The van der Waals surface area contributed by atoms with Gasteiger partial charge in [0.1, 0.15) is 11.6 Å². The van der Waals surface area contributed by atoms with E-state index in [1.54, 1.807) is 36.5 Å². The number of aromatic hydroxyl groups is 1. The first kappa shape index (κ1) is 13.0. The molecule has 98 valence electrons. The van der Waals surface area contributed by atoms with E-state index in [9.17, 15) is 9.90 Å². The predicted molar refractivity (Wildman–Crippen MR) is 70.7 cm³/mol. The maximum Gasteiger partial charge on any atom is 0.259 e. The lowest BCUT2D eigenvalue weighted by Crippen LogP contribution is -2.22. The van der Waals surface area contributed by atoms with Crippen LogP contribution in [0.3, 0.4) is 0 Å². The average Bonchev–Trinajstić information content (AvgIpc) is 2.43. The van der Waals surface area contributed by atoms with Crippen molar-refractivity contribution in [3.63, 3.8) is 0 Å². The van der Waals surface area contributed by atoms with Crippen LogP contribution in [0.25, 0.3) is 0 Å². The van der Waals surface area contributed by atoms with Gasteiger partial charge in [-0.05, 0) is 29.8 Å². The van der Waals surface area contributed by atoms with Crippen LogP contribution < -0.4 is 5.32 Å². The van der Waals surface area contributed by atoms with Crippen molar-refractivity contribution in [3.05, 3.63) is 54.2 Å². The van der Waals surface area contributed by atoms with E-state index in [4.69, 9.17) is 4.74 Å². The molecule has 0 bridgehead atoms. The molecule has 0 saturated heterocycles. The number of rotatable bonds is 4. The van der Waals surface area contributed by atoms with Crippen LogP contribution in [-0.2, 0) is 9.53 Å². The van der Waals surface area contributed by atoms with Gasteiger partial charge in [0.2, 0.25) is 0 Å². The number of hydrogen-bond donors (Lipinski definition) is 2. The Morgan fingerprint density at radius 3 is 2.58 bits per heavy atom. The quantitative estimate of drug-likeness (QED) is 0.881. The molecule has 0 radical (unpaired) electrons. The van der Waals surface area contributed by atoms with E-state index >= 15 is 0 Å². The lowest BCUT2D eigenvalue weighted by Gasteiger charge is -2.15. The van der Waals surface area contributed by atoms with Crippen molar-refractivity contribution in [2.24, 2.45) is 0 Å². The van der Waals surface area contributed by atoms with Crippen LogP contribution >= 0.6 is 0 Å². The van der Waals surface area contributed by atoms with Gasteiger partial charge in [-0.1, -0.05) is 18.2 Å². The summed E-state index contributed by atoms with van der Waals surface area (Å²) in [7, 11) is 1.45. The van der Waals surface area contributed by atoms with Crippen LogP contribution in [0.1, 0.15) is 11.7 Å². The molecule has 5 nitrogen and oxygen atoms in total. The van der Waals surface area contributed by atoms with E-state index < -0.39 is 6.10 Å². The number of aromatic nitrogens is 1. The monoisotopic (exact) mass is 258 g/mol. The molecule has 0 aliphatic rings. The largest absolute Gasteiger partial charge is 0.508 e. The van der Waals surface area contributed by atoms with Gasteiger partial charge in [0, 0.05) is 13.3 Å². The summed E-state index contributed by atoms with van der Waals surface area (Å²) >= 11 is 0. The van der Waals surface area contributed by atoms with Crippen LogP contribution in [0.2, 0.25) is 0 Å². The highest BCUT2D eigenvalue weighted by molar-refractivity contribution is 5.94. The average molecular weight is 258 g/mol. The molecule has 2 aromatic rings. The molecule has 1 heterocycles. The molecule has 1 unspecified atom stereocenters. The Morgan fingerprint density at radius 1 is 1.26 bits per heavy atom. The highest BCUT2D eigenvalue weighted by Gasteiger charge is 2.20.